The monoisotopic (exact) mass is 394 g/mol. The molecule has 1 aromatic carbocycles. The Balaban J connectivity index is 2.07. The van der Waals surface area contributed by atoms with Crippen LogP contribution < -0.4 is 10.1 Å². The van der Waals surface area contributed by atoms with Crippen LogP contribution >= 0.6 is 15.9 Å². The van der Waals surface area contributed by atoms with Crippen LogP contribution in [0.2, 0.25) is 0 Å². The molecule has 0 aliphatic carbocycles. The molecule has 126 valence electrons. The first kappa shape index (κ1) is 17.6. The third-order valence-corrected chi connectivity index (χ3v) is 3.78. The lowest BCUT2D eigenvalue weighted by Gasteiger charge is -2.30. The van der Waals surface area contributed by atoms with E-state index in [0.717, 1.165) is 4.47 Å². The van der Waals surface area contributed by atoms with Gasteiger partial charge in [-0.2, -0.15) is 13.2 Å². The number of carbonyl (C=O) groups excluding carboxylic acids is 2. The maximum Gasteiger partial charge on any atom is 0.409 e. The number of ether oxygens (including phenoxy) is 1. The zero-order chi connectivity index (χ0) is 17.0. The molecule has 5 nitrogen and oxygen atoms in total. The molecule has 2 rings (SSSR count). The van der Waals surface area contributed by atoms with Gasteiger partial charge >= 0.3 is 6.18 Å². The fourth-order valence-electron chi connectivity index (χ4n) is 2.21. The summed E-state index contributed by atoms with van der Waals surface area (Å²) in [5, 5.41) is 2.33. The number of benzene rings is 1. The molecular formula is C14H14BrF3N2O3. The van der Waals surface area contributed by atoms with Crippen molar-refractivity contribution in [2.45, 2.75) is 18.6 Å². The number of alkyl halides is 3. The second-order valence-electron chi connectivity index (χ2n) is 4.94. The summed E-state index contributed by atoms with van der Waals surface area (Å²) in [4.78, 5) is 24.1. The van der Waals surface area contributed by atoms with Gasteiger partial charge in [-0.15, -0.1) is 0 Å². The second-order valence-corrected chi connectivity index (χ2v) is 5.86. The molecule has 1 heterocycles. The fraction of sp³-hybridized carbons (Fsp3) is 0.429. The highest BCUT2D eigenvalue weighted by molar-refractivity contribution is 9.10. The van der Waals surface area contributed by atoms with Gasteiger partial charge in [0.2, 0.25) is 5.91 Å². The number of hydrogen-bond acceptors (Lipinski definition) is 3. The van der Waals surface area contributed by atoms with Crippen molar-refractivity contribution in [3.05, 3.63) is 28.7 Å². The standard InChI is InChI=1S/C14H14BrF3N2O3/c15-9-2-1-3-10(6-9)23-8-13(22)20-5-4-19-12(21)7-11(20)14(16,17)18/h1-3,6,11H,4-5,7-8H2,(H,19,21). The normalized spacial score (nSPS) is 19.0. The molecule has 1 aliphatic heterocycles. The SMILES string of the molecule is O=C1CC(C(F)(F)F)N(C(=O)COc2cccc(Br)c2)CCN1. The Bertz CT molecular complexity index is 595. The summed E-state index contributed by atoms with van der Waals surface area (Å²) >= 11 is 3.23. The van der Waals surface area contributed by atoms with E-state index in [1.165, 1.54) is 0 Å². The van der Waals surface area contributed by atoms with Crippen molar-refractivity contribution in [3.63, 3.8) is 0 Å². The van der Waals surface area contributed by atoms with E-state index in [0.29, 0.717) is 10.6 Å². The number of nitrogens with zero attached hydrogens (tertiary/aromatic N) is 1. The Morgan fingerprint density at radius 3 is 2.83 bits per heavy atom. The van der Waals surface area contributed by atoms with Gasteiger partial charge in [0, 0.05) is 17.6 Å². The van der Waals surface area contributed by atoms with Crippen molar-refractivity contribution in [1.29, 1.82) is 0 Å². The molecule has 0 bridgehead atoms. The van der Waals surface area contributed by atoms with Gasteiger partial charge in [-0.25, -0.2) is 0 Å². The highest BCUT2D eigenvalue weighted by Gasteiger charge is 2.47. The number of rotatable bonds is 3. The van der Waals surface area contributed by atoms with Crippen LogP contribution in [0, 0.1) is 0 Å². The van der Waals surface area contributed by atoms with E-state index >= 15 is 0 Å². The van der Waals surface area contributed by atoms with Crippen molar-refractivity contribution in [3.8, 4) is 5.75 Å². The highest BCUT2D eigenvalue weighted by atomic mass is 79.9. The molecule has 0 spiro atoms. The summed E-state index contributed by atoms with van der Waals surface area (Å²) in [7, 11) is 0. The maximum atomic E-state index is 13.1. The molecule has 0 saturated carbocycles. The number of amides is 2. The second kappa shape index (κ2) is 7.20. The predicted octanol–water partition coefficient (Wildman–Crippen LogP) is 2.11. The van der Waals surface area contributed by atoms with Crippen molar-refractivity contribution >= 4 is 27.7 Å². The Morgan fingerprint density at radius 2 is 2.17 bits per heavy atom. The third-order valence-electron chi connectivity index (χ3n) is 3.29. The van der Waals surface area contributed by atoms with E-state index in [2.05, 4.69) is 21.2 Å². The minimum absolute atomic E-state index is 0.0198. The summed E-state index contributed by atoms with van der Waals surface area (Å²) < 4.78 is 45.3. The third kappa shape index (κ3) is 4.85. The average molecular weight is 395 g/mol. The molecule has 1 aromatic rings. The first-order valence-electron chi connectivity index (χ1n) is 6.78. The Morgan fingerprint density at radius 1 is 1.43 bits per heavy atom. The first-order valence-corrected chi connectivity index (χ1v) is 7.58. The number of nitrogens with one attached hydrogen (secondary N) is 1. The fourth-order valence-corrected chi connectivity index (χ4v) is 2.58. The van der Waals surface area contributed by atoms with Gasteiger partial charge < -0.3 is 15.0 Å². The molecule has 9 heteroatoms. The van der Waals surface area contributed by atoms with E-state index < -0.39 is 37.1 Å². The lowest BCUT2D eigenvalue weighted by molar-refractivity contribution is -0.191. The smallest absolute Gasteiger partial charge is 0.409 e. The van der Waals surface area contributed by atoms with E-state index in [1.54, 1.807) is 24.3 Å². The number of halogens is 4. The summed E-state index contributed by atoms with van der Waals surface area (Å²) in [5.74, 6) is -1.18. The topological polar surface area (TPSA) is 58.6 Å². The molecule has 0 radical (unpaired) electrons. The van der Waals surface area contributed by atoms with E-state index in [4.69, 9.17) is 4.74 Å². The van der Waals surface area contributed by atoms with Crippen LogP contribution in [0.4, 0.5) is 13.2 Å². The quantitative estimate of drug-likeness (QED) is 0.853. The molecule has 1 atom stereocenters. The first-order chi connectivity index (χ1) is 10.8. The van der Waals surface area contributed by atoms with Gasteiger partial charge in [0.05, 0.1) is 6.42 Å². The molecule has 0 aromatic heterocycles. The summed E-state index contributed by atoms with van der Waals surface area (Å²) in [6.45, 7) is -0.762. The van der Waals surface area contributed by atoms with Crippen LogP contribution in [0.5, 0.6) is 5.75 Å². The van der Waals surface area contributed by atoms with Gasteiger partial charge in [0.1, 0.15) is 11.8 Å². The molecule has 1 saturated heterocycles. The molecule has 2 amide bonds. The van der Waals surface area contributed by atoms with Crippen LogP contribution in [-0.4, -0.2) is 48.6 Å². The minimum Gasteiger partial charge on any atom is -0.484 e. The zero-order valence-corrected chi connectivity index (χ0v) is 13.5. The molecule has 1 fully saturated rings. The van der Waals surface area contributed by atoms with Crippen molar-refractivity contribution in [2.24, 2.45) is 0 Å². The molecule has 23 heavy (non-hydrogen) atoms. The number of carbonyl (C=O) groups is 2. The van der Waals surface area contributed by atoms with Gasteiger partial charge in [0.25, 0.3) is 5.91 Å². The Kier molecular flexibility index (Phi) is 5.51. The van der Waals surface area contributed by atoms with Crippen LogP contribution in [0.1, 0.15) is 6.42 Å². The van der Waals surface area contributed by atoms with Crippen LogP contribution in [-0.2, 0) is 9.59 Å². The zero-order valence-electron chi connectivity index (χ0n) is 11.9. The molecule has 1 N–H and O–H groups in total. The van der Waals surface area contributed by atoms with Crippen molar-refractivity contribution in [1.82, 2.24) is 10.2 Å². The summed E-state index contributed by atoms with van der Waals surface area (Å²) in [6.07, 6.45) is -5.47. The summed E-state index contributed by atoms with van der Waals surface area (Å²) in [6, 6.07) is 4.48. The lowest BCUT2D eigenvalue weighted by Crippen LogP contribution is -2.50. The van der Waals surface area contributed by atoms with Crippen LogP contribution in [0.25, 0.3) is 0 Å². The molecular weight excluding hydrogens is 381 g/mol. The Labute approximate surface area is 138 Å². The molecule has 1 unspecified atom stereocenters. The van der Waals surface area contributed by atoms with Gasteiger partial charge in [0.15, 0.2) is 6.61 Å². The number of hydrogen-bond donors (Lipinski definition) is 1. The van der Waals surface area contributed by atoms with Gasteiger partial charge in [-0.05, 0) is 18.2 Å². The van der Waals surface area contributed by atoms with Crippen LogP contribution in [0.15, 0.2) is 28.7 Å². The van der Waals surface area contributed by atoms with Crippen molar-refractivity contribution in [2.75, 3.05) is 19.7 Å². The minimum atomic E-state index is -4.67. The molecule has 1 aliphatic rings. The summed E-state index contributed by atoms with van der Waals surface area (Å²) in [5.41, 5.74) is 0. The van der Waals surface area contributed by atoms with E-state index in [1.807, 2.05) is 0 Å². The Hall–Kier alpha value is -1.77. The van der Waals surface area contributed by atoms with Crippen LogP contribution in [0.3, 0.4) is 0 Å². The van der Waals surface area contributed by atoms with E-state index in [9.17, 15) is 22.8 Å². The van der Waals surface area contributed by atoms with Gasteiger partial charge in [-0.3, -0.25) is 9.59 Å². The van der Waals surface area contributed by atoms with E-state index in [-0.39, 0.29) is 13.1 Å². The van der Waals surface area contributed by atoms with Gasteiger partial charge in [-0.1, -0.05) is 22.0 Å². The van der Waals surface area contributed by atoms with Crippen molar-refractivity contribution < 1.29 is 27.5 Å². The highest BCUT2D eigenvalue weighted by Crippen LogP contribution is 2.28. The average Bonchev–Trinajstić information content (AvgIpc) is 2.66. The largest absolute Gasteiger partial charge is 0.484 e. The maximum absolute atomic E-state index is 13.1. The predicted molar refractivity (Wildman–Crippen MR) is 78.8 cm³/mol. The lowest BCUT2D eigenvalue weighted by atomic mass is 10.1.